The summed E-state index contributed by atoms with van der Waals surface area (Å²) in [6.45, 7) is 5.88. The van der Waals surface area contributed by atoms with E-state index >= 15 is 0 Å². The third-order valence-electron chi connectivity index (χ3n) is 2.78. The fraction of sp³-hybridized carbons (Fsp3) is 0.400. The molecule has 0 spiro atoms. The molecule has 0 amide bonds. The molecule has 0 aliphatic carbocycles. The molecule has 1 aromatic heterocycles. The number of aromatic nitrogens is 3. The summed E-state index contributed by atoms with van der Waals surface area (Å²) in [5.74, 6) is 0.292. The number of carbonyl (C=O) groups excluding carboxylic acids is 1. The average molecular weight is 273 g/mol. The number of esters is 1. The molecule has 5 heteroatoms. The van der Waals surface area contributed by atoms with Crippen LogP contribution in [-0.4, -0.2) is 20.7 Å². The normalized spacial score (nSPS) is 10.8. The first kappa shape index (κ1) is 14.2. The van der Waals surface area contributed by atoms with Crippen molar-refractivity contribution in [2.24, 2.45) is 0 Å². The van der Waals surface area contributed by atoms with Crippen LogP contribution in [-0.2, 0) is 4.79 Å². The van der Waals surface area contributed by atoms with E-state index in [4.69, 9.17) is 4.74 Å². The molecule has 0 saturated heterocycles. The van der Waals surface area contributed by atoms with Crippen molar-refractivity contribution in [1.82, 2.24) is 14.8 Å². The van der Waals surface area contributed by atoms with Crippen LogP contribution in [0, 0.1) is 0 Å². The van der Waals surface area contributed by atoms with Crippen LogP contribution in [0.4, 0.5) is 0 Å². The van der Waals surface area contributed by atoms with Gasteiger partial charge in [0.15, 0.2) is 5.82 Å². The lowest BCUT2D eigenvalue weighted by Gasteiger charge is -2.08. The highest BCUT2D eigenvalue weighted by molar-refractivity contribution is 5.71. The van der Waals surface area contributed by atoms with Gasteiger partial charge in [-0.15, -0.1) is 5.10 Å². The summed E-state index contributed by atoms with van der Waals surface area (Å²) in [4.78, 5) is 16.0. The van der Waals surface area contributed by atoms with Gasteiger partial charge in [-0.2, -0.15) is 4.98 Å². The van der Waals surface area contributed by atoms with Crippen LogP contribution in [0.15, 0.2) is 30.3 Å². The first-order valence-corrected chi connectivity index (χ1v) is 6.84. The van der Waals surface area contributed by atoms with Gasteiger partial charge in [-0.3, -0.25) is 4.79 Å². The van der Waals surface area contributed by atoms with Gasteiger partial charge in [0.05, 0.1) is 6.04 Å². The van der Waals surface area contributed by atoms with Gasteiger partial charge in [0, 0.05) is 12.0 Å². The van der Waals surface area contributed by atoms with Crippen molar-refractivity contribution in [3.63, 3.8) is 0 Å². The van der Waals surface area contributed by atoms with Crippen molar-refractivity contribution in [2.75, 3.05) is 0 Å². The van der Waals surface area contributed by atoms with Crippen molar-refractivity contribution in [3.8, 4) is 17.4 Å². The molecule has 2 aromatic rings. The van der Waals surface area contributed by atoms with Crippen molar-refractivity contribution in [2.45, 2.75) is 39.7 Å². The number of carbonyl (C=O) groups is 1. The second kappa shape index (κ2) is 6.32. The van der Waals surface area contributed by atoms with Gasteiger partial charge in [0.25, 0.3) is 0 Å². The Hall–Kier alpha value is -2.17. The molecule has 0 N–H and O–H groups in total. The Morgan fingerprint density at radius 2 is 2.00 bits per heavy atom. The van der Waals surface area contributed by atoms with Gasteiger partial charge in [0.2, 0.25) is 0 Å². The Balaban J connectivity index is 2.31. The van der Waals surface area contributed by atoms with Gasteiger partial charge in [-0.05, 0) is 20.3 Å². The molecule has 0 unspecified atom stereocenters. The second-order valence-corrected chi connectivity index (χ2v) is 4.85. The number of ether oxygens (including phenoxy) is 1. The third kappa shape index (κ3) is 3.23. The van der Waals surface area contributed by atoms with E-state index in [2.05, 4.69) is 10.1 Å². The highest BCUT2D eigenvalue weighted by atomic mass is 16.6. The molecule has 106 valence electrons. The fourth-order valence-corrected chi connectivity index (χ4v) is 1.78. The molecular weight excluding hydrogens is 254 g/mol. The van der Waals surface area contributed by atoms with Gasteiger partial charge in [-0.1, -0.05) is 37.3 Å². The first-order valence-electron chi connectivity index (χ1n) is 6.84. The summed E-state index contributed by atoms with van der Waals surface area (Å²) in [5.41, 5.74) is 0.902. The average Bonchev–Trinajstić information content (AvgIpc) is 2.84. The molecule has 2 rings (SSSR count). The Kier molecular flexibility index (Phi) is 4.50. The van der Waals surface area contributed by atoms with Crippen LogP contribution < -0.4 is 4.74 Å². The maximum atomic E-state index is 11.6. The number of benzene rings is 1. The van der Waals surface area contributed by atoms with E-state index in [1.54, 1.807) is 4.68 Å². The smallest absolute Gasteiger partial charge is 0.323 e. The summed E-state index contributed by atoms with van der Waals surface area (Å²) < 4.78 is 6.93. The van der Waals surface area contributed by atoms with Crippen molar-refractivity contribution < 1.29 is 9.53 Å². The van der Waals surface area contributed by atoms with Gasteiger partial charge in [-0.25, -0.2) is 4.68 Å². The van der Waals surface area contributed by atoms with E-state index in [9.17, 15) is 4.79 Å². The second-order valence-electron chi connectivity index (χ2n) is 4.85. The number of nitrogens with zero attached hydrogens (tertiary/aromatic N) is 3. The number of hydrogen-bond acceptors (Lipinski definition) is 4. The standard InChI is InChI=1S/C15H19N3O2/c1-4-8-13(19)20-15-16-14(17-18(15)11(2)3)12-9-6-5-7-10-12/h5-7,9-11H,4,8H2,1-3H3. The molecular formula is C15H19N3O2. The number of rotatable bonds is 5. The molecule has 0 saturated carbocycles. The summed E-state index contributed by atoms with van der Waals surface area (Å²) >= 11 is 0. The van der Waals surface area contributed by atoms with Crippen LogP contribution >= 0.6 is 0 Å². The topological polar surface area (TPSA) is 57.0 Å². The molecule has 0 atom stereocenters. The zero-order valence-corrected chi connectivity index (χ0v) is 12.0. The monoisotopic (exact) mass is 273 g/mol. The Labute approximate surface area is 118 Å². The molecule has 20 heavy (non-hydrogen) atoms. The van der Waals surface area contributed by atoms with E-state index in [1.165, 1.54) is 0 Å². The van der Waals surface area contributed by atoms with E-state index in [0.717, 1.165) is 12.0 Å². The Morgan fingerprint density at radius 1 is 1.30 bits per heavy atom. The van der Waals surface area contributed by atoms with Crippen LogP contribution in [0.3, 0.4) is 0 Å². The Morgan fingerprint density at radius 3 is 2.60 bits per heavy atom. The minimum absolute atomic E-state index is 0.0735. The van der Waals surface area contributed by atoms with Gasteiger partial charge >= 0.3 is 12.0 Å². The molecule has 0 aliphatic rings. The minimum atomic E-state index is -0.276. The van der Waals surface area contributed by atoms with Crippen LogP contribution in [0.1, 0.15) is 39.7 Å². The molecule has 0 fully saturated rings. The lowest BCUT2D eigenvalue weighted by molar-refractivity contribution is -0.135. The predicted octanol–water partition coefficient (Wildman–Crippen LogP) is 3.23. The quantitative estimate of drug-likeness (QED) is 0.785. The maximum Gasteiger partial charge on any atom is 0.323 e. The van der Waals surface area contributed by atoms with E-state index in [1.807, 2.05) is 51.1 Å². The predicted molar refractivity (Wildman–Crippen MR) is 76.4 cm³/mol. The summed E-state index contributed by atoms with van der Waals surface area (Å²) in [6.07, 6.45) is 1.13. The summed E-state index contributed by atoms with van der Waals surface area (Å²) in [6, 6.07) is 9.98. The summed E-state index contributed by atoms with van der Waals surface area (Å²) in [5, 5.41) is 4.42. The summed E-state index contributed by atoms with van der Waals surface area (Å²) in [7, 11) is 0. The highest BCUT2D eigenvalue weighted by Crippen LogP contribution is 2.22. The zero-order valence-electron chi connectivity index (χ0n) is 12.0. The highest BCUT2D eigenvalue weighted by Gasteiger charge is 2.17. The molecule has 1 aromatic carbocycles. The lowest BCUT2D eigenvalue weighted by atomic mass is 10.2. The van der Waals surface area contributed by atoms with Crippen LogP contribution in [0.25, 0.3) is 11.4 Å². The molecule has 0 bridgehead atoms. The number of hydrogen-bond donors (Lipinski definition) is 0. The molecule has 0 radical (unpaired) electrons. The van der Waals surface area contributed by atoms with Gasteiger partial charge < -0.3 is 4.74 Å². The zero-order chi connectivity index (χ0) is 14.5. The SMILES string of the molecule is CCCC(=O)Oc1nc(-c2ccccc2)nn1C(C)C. The first-order chi connectivity index (χ1) is 9.61. The van der Waals surface area contributed by atoms with Crippen molar-refractivity contribution in [1.29, 1.82) is 0 Å². The van der Waals surface area contributed by atoms with E-state index < -0.39 is 0 Å². The lowest BCUT2D eigenvalue weighted by Crippen LogP contribution is -2.13. The maximum absolute atomic E-state index is 11.6. The molecule has 1 heterocycles. The largest absolute Gasteiger partial charge is 0.391 e. The minimum Gasteiger partial charge on any atom is -0.391 e. The van der Waals surface area contributed by atoms with Crippen molar-refractivity contribution in [3.05, 3.63) is 30.3 Å². The fourth-order valence-electron chi connectivity index (χ4n) is 1.78. The van der Waals surface area contributed by atoms with E-state index in [0.29, 0.717) is 12.2 Å². The van der Waals surface area contributed by atoms with Crippen molar-refractivity contribution >= 4 is 5.97 Å². The van der Waals surface area contributed by atoms with E-state index in [-0.39, 0.29) is 18.0 Å². The van der Waals surface area contributed by atoms with Crippen LogP contribution in [0.2, 0.25) is 0 Å². The third-order valence-corrected chi connectivity index (χ3v) is 2.78. The molecule has 5 nitrogen and oxygen atoms in total. The van der Waals surface area contributed by atoms with Gasteiger partial charge in [0.1, 0.15) is 0 Å². The van der Waals surface area contributed by atoms with Crippen LogP contribution in [0.5, 0.6) is 6.01 Å². The molecule has 0 aliphatic heterocycles. The Bertz CT molecular complexity index is 576.